The molecule has 2 heterocycles. The Morgan fingerprint density at radius 2 is 2.07 bits per heavy atom. The maximum Gasteiger partial charge on any atom is 0.416 e. The zero-order valence-electron chi connectivity index (χ0n) is 7.49. The molecule has 0 spiro atoms. The standard InChI is InChI=1S/C8H7F3N4/c9-8(10,11)5-1-2-15-6(3-5)13-14-7(15)4-12/h1-3H,4,12H2. The normalized spacial score (nSPS) is 12.3. The van der Waals surface area contributed by atoms with Gasteiger partial charge >= 0.3 is 6.18 Å². The average Bonchev–Trinajstić information content (AvgIpc) is 2.58. The second kappa shape index (κ2) is 3.20. The number of rotatable bonds is 1. The maximum absolute atomic E-state index is 12.3. The summed E-state index contributed by atoms with van der Waals surface area (Å²) in [6.07, 6.45) is -3.10. The molecular formula is C8H7F3N4. The Balaban J connectivity index is 2.58. The van der Waals surface area contributed by atoms with Crippen LogP contribution in [0.3, 0.4) is 0 Å². The Bertz CT molecular complexity index is 488. The molecule has 15 heavy (non-hydrogen) atoms. The SMILES string of the molecule is NCc1nnc2cc(C(F)(F)F)ccn12. The summed E-state index contributed by atoms with van der Waals surface area (Å²) in [5.74, 6) is 0.429. The van der Waals surface area contributed by atoms with E-state index < -0.39 is 11.7 Å². The number of aromatic nitrogens is 3. The van der Waals surface area contributed by atoms with Crippen LogP contribution in [-0.4, -0.2) is 14.6 Å². The van der Waals surface area contributed by atoms with E-state index in [4.69, 9.17) is 5.73 Å². The second-order valence-electron chi connectivity index (χ2n) is 2.96. The Kier molecular flexibility index (Phi) is 2.11. The summed E-state index contributed by atoms with van der Waals surface area (Å²) >= 11 is 0. The number of nitrogens with zero attached hydrogens (tertiary/aromatic N) is 3. The Labute approximate surface area is 82.5 Å². The van der Waals surface area contributed by atoms with E-state index >= 15 is 0 Å². The fourth-order valence-electron chi connectivity index (χ4n) is 1.26. The zero-order chi connectivity index (χ0) is 11.1. The van der Waals surface area contributed by atoms with Gasteiger partial charge in [-0.3, -0.25) is 4.40 Å². The molecule has 80 valence electrons. The van der Waals surface area contributed by atoms with Gasteiger partial charge in [-0.25, -0.2) is 0 Å². The first-order valence-electron chi connectivity index (χ1n) is 4.13. The predicted molar refractivity (Wildman–Crippen MR) is 45.9 cm³/mol. The lowest BCUT2D eigenvalue weighted by Crippen LogP contribution is -2.07. The third-order valence-electron chi connectivity index (χ3n) is 1.99. The minimum Gasteiger partial charge on any atom is -0.324 e. The fourth-order valence-corrected chi connectivity index (χ4v) is 1.26. The highest BCUT2D eigenvalue weighted by Gasteiger charge is 2.30. The highest BCUT2D eigenvalue weighted by molar-refractivity contribution is 5.42. The van der Waals surface area contributed by atoms with Crippen LogP contribution in [-0.2, 0) is 12.7 Å². The van der Waals surface area contributed by atoms with Crippen LogP contribution in [0.25, 0.3) is 5.65 Å². The summed E-state index contributed by atoms with van der Waals surface area (Å²) in [4.78, 5) is 0. The first kappa shape index (κ1) is 9.91. The summed E-state index contributed by atoms with van der Waals surface area (Å²) in [7, 11) is 0. The highest BCUT2D eigenvalue weighted by atomic mass is 19.4. The Hall–Kier alpha value is -1.63. The number of pyridine rings is 1. The number of hydrogen-bond donors (Lipinski definition) is 1. The molecule has 4 nitrogen and oxygen atoms in total. The van der Waals surface area contributed by atoms with Crippen molar-refractivity contribution < 1.29 is 13.2 Å². The van der Waals surface area contributed by atoms with Gasteiger partial charge in [0.1, 0.15) is 0 Å². The first-order chi connectivity index (χ1) is 7.02. The van der Waals surface area contributed by atoms with Gasteiger partial charge in [-0.2, -0.15) is 13.2 Å². The molecule has 0 atom stereocenters. The lowest BCUT2D eigenvalue weighted by Gasteiger charge is -2.06. The number of alkyl halides is 3. The molecule has 0 unspecified atom stereocenters. The number of hydrogen-bond acceptors (Lipinski definition) is 3. The molecule has 2 aromatic heterocycles. The van der Waals surface area contributed by atoms with Crippen molar-refractivity contribution in [3.05, 3.63) is 29.7 Å². The Morgan fingerprint density at radius 1 is 1.33 bits per heavy atom. The van der Waals surface area contributed by atoms with Crippen molar-refractivity contribution in [3.63, 3.8) is 0 Å². The number of nitrogens with two attached hydrogens (primary N) is 1. The lowest BCUT2D eigenvalue weighted by molar-refractivity contribution is -0.137. The van der Waals surface area contributed by atoms with Crippen molar-refractivity contribution in [2.24, 2.45) is 5.73 Å². The smallest absolute Gasteiger partial charge is 0.324 e. The first-order valence-corrected chi connectivity index (χ1v) is 4.13. The second-order valence-corrected chi connectivity index (χ2v) is 2.96. The van der Waals surface area contributed by atoms with Gasteiger partial charge in [0.25, 0.3) is 0 Å². The molecule has 0 aromatic carbocycles. The van der Waals surface area contributed by atoms with Gasteiger partial charge in [-0.05, 0) is 12.1 Å². The Morgan fingerprint density at radius 3 is 2.67 bits per heavy atom. The van der Waals surface area contributed by atoms with E-state index in [9.17, 15) is 13.2 Å². The molecule has 2 aromatic rings. The van der Waals surface area contributed by atoms with Crippen molar-refractivity contribution >= 4 is 5.65 Å². The van der Waals surface area contributed by atoms with Gasteiger partial charge in [-0.15, -0.1) is 10.2 Å². The number of halogens is 3. The van der Waals surface area contributed by atoms with Crippen LogP contribution in [0.4, 0.5) is 13.2 Å². The summed E-state index contributed by atoms with van der Waals surface area (Å²) in [5, 5.41) is 7.25. The molecule has 0 aliphatic heterocycles. The maximum atomic E-state index is 12.3. The van der Waals surface area contributed by atoms with Crippen molar-refractivity contribution in [3.8, 4) is 0 Å². The quantitative estimate of drug-likeness (QED) is 0.779. The van der Waals surface area contributed by atoms with E-state index in [0.717, 1.165) is 12.1 Å². The summed E-state index contributed by atoms with van der Waals surface area (Å²) in [6.45, 7) is 0.131. The molecule has 0 saturated heterocycles. The molecular weight excluding hydrogens is 209 g/mol. The van der Waals surface area contributed by atoms with E-state index in [2.05, 4.69) is 10.2 Å². The van der Waals surface area contributed by atoms with Crippen LogP contribution in [0.15, 0.2) is 18.3 Å². The van der Waals surface area contributed by atoms with E-state index in [1.165, 1.54) is 10.6 Å². The molecule has 0 aliphatic rings. The van der Waals surface area contributed by atoms with Crippen molar-refractivity contribution in [2.45, 2.75) is 12.7 Å². The monoisotopic (exact) mass is 216 g/mol. The molecule has 0 radical (unpaired) electrons. The van der Waals surface area contributed by atoms with Crippen LogP contribution >= 0.6 is 0 Å². The minimum absolute atomic E-state index is 0.131. The van der Waals surface area contributed by atoms with Crippen molar-refractivity contribution in [1.82, 2.24) is 14.6 Å². The van der Waals surface area contributed by atoms with Crippen LogP contribution in [0, 0.1) is 0 Å². The summed E-state index contributed by atoms with van der Waals surface area (Å²) in [5.41, 5.74) is 4.74. The van der Waals surface area contributed by atoms with Gasteiger partial charge in [0, 0.05) is 6.20 Å². The predicted octanol–water partition coefficient (Wildman–Crippen LogP) is 1.21. The van der Waals surface area contributed by atoms with Gasteiger partial charge < -0.3 is 5.73 Å². The molecule has 0 amide bonds. The summed E-state index contributed by atoms with van der Waals surface area (Å²) < 4.78 is 38.4. The van der Waals surface area contributed by atoms with Gasteiger partial charge in [0.05, 0.1) is 12.1 Å². The van der Waals surface area contributed by atoms with E-state index in [1.54, 1.807) is 0 Å². The van der Waals surface area contributed by atoms with E-state index in [1.807, 2.05) is 0 Å². The van der Waals surface area contributed by atoms with Crippen LogP contribution < -0.4 is 5.73 Å². The zero-order valence-corrected chi connectivity index (χ0v) is 7.49. The van der Waals surface area contributed by atoms with Gasteiger partial charge in [0.2, 0.25) is 0 Å². The van der Waals surface area contributed by atoms with Gasteiger partial charge in [0.15, 0.2) is 11.5 Å². The van der Waals surface area contributed by atoms with Crippen molar-refractivity contribution in [2.75, 3.05) is 0 Å². The highest BCUT2D eigenvalue weighted by Crippen LogP contribution is 2.29. The molecule has 0 bridgehead atoms. The van der Waals surface area contributed by atoms with Crippen LogP contribution in [0.2, 0.25) is 0 Å². The minimum atomic E-state index is -4.36. The molecule has 0 fully saturated rings. The van der Waals surface area contributed by atoms with Crippen molar-refractivity contribution in [1.29, 1.82) is 0 Å². The molecule has 2 N–H and O–H groups in total. The summed E-state index contributed by atoms with van der Waals surface area (Å²) in [6, 6.07) is 1.90. The van der Waals surface area contributed by atoms with Crippen LogP contribution in [0.5, 0.6) is 0 Å². The third-order valence-corrected chi connectivity index (χ3v) is 1.99. The van der Waals surface area contributed by atoms with E-state index in [-0.39, 0.29) is 12.2 Å². The molecule has 0 saturated carbocycles. The lowest BCUT2D eigenvalue weighted by atomic mass is 10.2. The molecule has 2 rings (SSSR count). The topological polar surface area (TPSA) is 56.2 Å². The van der Waals surface area contributed by atoms with Gasteiger partial charge in [-0.1, -0.05) is 0 Å². The molecule has 0 aliphatic carbocycles. The number of fused-ring (bicyclic) bond motifs is 1. The third kappa shape index (κ3) is 1.65. The molecule has 7 heteroatoms. The van der Waals surface area contributed by atoms with Crippen LogP contribution in [0.1, 0.15) is 11.4 Å². The largest absolute Gasteiger partial charge is 0.416 e. The fraction of sp³-hybridized carbons (Fsp3) is 0.250. The average molecular weight is 216 g/mol. The van der Waals surface area contributed by atoms with E-state index in [0.29, 0.717) is 5.82 Å².